The number of ether oxygens (including phenoxy) is 3. The van der Waals surface area contributed by atoms with Crippen molar-refractivity contribution < 1.29 is 19.0 Å². The van der Waals surface area contributed by atoms with Crippen LogP contribution in [0.2, 0.25) is 0 Å². The fraction of sp³-hybridized carbons (Fsp3) is 0.632. The van der Waals surface area contributed by atoms with Gasteiger partial charge in [-0.05, 0) is 30.5 Å². The van der Waals surface area contributed by atoms with Crippen molar-refractivity contribution in [3.63, 3.8) is 0 Å². The summed E-state index contributed by atoms with van der Waals surface area (Å²) < 4.78 is 16.0. The summed E-state index contributed by atoms with van der Waals surface area (Å²) >= 11 is 0. The van der Waals surface area contributed by atoms with Crippen molar-refractivity contribution in [1.29, 1.82) is 0 Å². The Kier molecular flexibility index (Phi) is 7.22. The number of hydrogen-bond donors (Lipinski definition) is 1. The molecular weight excluding hydrogens is 320 g/mol. The predicted octanol–water partition coefficient (Wildman–Crippen LogP) is 3.58. The molecule has 140 valence electrons. The second-order valence-electron chi connectivity index (χ2n) is 6.45. The highest BCUT2D eigenvalue weighted by molar-refractivity contribution is 5.74. The summed E-state index contributed by atoms with van der Waals surface area (Å²) in [7, 11) is 6.63. The average Bonchev–Trinajstić information content (AvgIpc) is 2.93. The van der Waals surface area contributed by atoms with Gasteiger partial charge >= 0.3 is 6.03 Å². The van der Waals surface area contributed by atoms with Crippen molar-refractivity contribution in [3.05, 3.63) is 17.7 Å². The van der Waals surface area contributed by atoms with Crippen LogP contribution in [0.1, 0.15) is 44.1 Å². The van der Waals surface area contributed by atoms with Crippen LogP contribution in [0, 0.1) is 0 Å². The predicted molar refractivity (Wildman–Crippen MR) is 97.6 cm³/mol. The van der Waals surface area contributed by atoms with E-state index in [9.17, 15) is 4.79 Å². The number of nitrogens with one attached hydrogen (secondary N) is 1. The van der Waals surface area contributed by atoms with E-state index in [1.165, 1.54) is 25.7 Å². The van der Waals surface area contributed by atoms with Gasteiger partial charge in [0.2, 0.25) is 5.75 Å². The van der Waals surface area contributed by atoms with Gasteiger partial charge in [-0.15, -0.1) is 0 Å². The van der Waals surface area contributed by atoms with E-state index in [0.717, 1.165) is 18.4 Å². The molecule has 1 aromatic rings. The molecule has 0 aliphatic heterocycles. The molecule has 1 fully saturated rings. The standard InChI is InChI=1S/C19H30N2O4/c1-21(15-9-7-5-6-8-10-15)19(22)20-13-14-11-16(23-2)18(25-4)17(12-14)24-3/h11-12,15H,5-10,13H2,1-4H3,(H,20,22). The third kappa shape index (κ3) is 4.94. The molecule has 1 saturated carbocycles. The van der Waals surface area contributed by atoms with E-state index in [1.807, 2.05) is 24.1 Å². The molecule has 1 aliphatic carbocycles. The van der Waals surface area contributed by atoms with E-state index >= 15 is 0 Å². The molecule has 6 heteroatoms. The van der Waals surface area contributed by atoms with Crippen molar-refractivity contribution in [2.45, 2.75) is 51.1 Å². The zero-order chi connectivity index (χ0) is 18.2. The SMILES string of the molecule is COc1cc(CNC(=O)N(C)C2CCCCCC2)cc(OC)c1OC. The van der Waals surface area contributed by atoms with E-state index in [1.54, 1.807) is 21.3 Å². The lowest BCUT2D eigenvalue weighted by molar-refractivity contribution is 0.183. The normalized spacial score (nSPS) is 15.2. The molecule has 0 unspecified atom stereocenters. The third-order valence-corrected chi connectivity index (χ3v) is 4.86. The molecule has 0 aromatic heterocycles. The summed E-state index contributed by atoms with van der Waals surface area (Å²) in [6.07, 6.45) is 7.14. The molecular formula is C19H30N2O4. The highest BCUT2D eigenvalue weighted by Gasteiger charge is 2.21. The van der Waals surface area contributed by atoms with Crippen LogP contribution in [-0.4, -0.2) is 45.3 Å². The van der Waals surface area contributed by atoms with E-state index in [-0.39, 0.29) is 6.03 Å². The van der Waals surface area contributed by atoms with Crippen LogP contribution >= 0.6 is 0 Å². The van der Waals surface area contributed by atoms with E-state index < -0.39 is 0 Å². The number of urea groups is 1. The fourth-order valence-electron chi connectivity index (χ4n) is 3.35. The number of carbonyl (C=O) groups excluding carboxylic acids is 1. The van der Waals surface area contributed by atoms with Gasteiger partial charge in [-0.2, -0.15) is 0 Å². The minimum absolute atomic E-state index is 0.0411. The Morgan fingerprint density at radius 1 is 1.04 bits per heavy atom. The summed E-state index contributed by atoms with van der Waals surface area (Å²) in [4.78, 5) is 14.3. The maximum Gasteiger partial charge on any atom is 0.317 e. The number of rotatable bonds is 6. The van der Waals surface area contributed by atoms with E-state index in [4.69, 9.17) is 14.2 Å². The summed E-state index contributed by atoms with van der Waals surface area (Å²) in [5.41, 5.74) is 0.900. The summed E-state index contributed by atoms with van der Waals surface area (Å²) in [5, 5.41) is 2.99. The van der Waals surface area contributed by atoms with Gasteiger partial charge in [0.15, 0.2) is 11.5 Å². The van der Waals surface area contributed by atoms with Crippen LogP contribution in [0.3, 0.4) is 0 Å². The average molecular weight is 350 g/mol. The van der Waals surface area contributed by atoms with Crippen LogP contribution in [0.4, 0.5) is 4.79 Å². The van der Waals surface area contributed by atoms with Crippen molar-refractivity contribution in [2.24, 2.45) is 0 Å². The number of hydrogen-bond acceptors (Lipinski definition) is 4. The fourth-order valence-corrected chi connectivity index (χ4v) is 3.35. The van der Waals surface area contributed by atoms with Crippen LogP contribution in [-0.2, 0) is 6.54 Å². The second kappa shape index (κ2) is 9.39. The molecule has 25 heavy (non-hydrogen) atoms. The van der Waals surface area contributed by atoms with Crippen molar-refractivity contribution >= 4 is 6.03 Å². The molecule has 2 amide bonds. The smallest absolute Gasteiger partial charge is 0.317 e. The van der Waals surface area contributed by atoms with Gasteiger partial charge in [0.25, 0.3) is 0 Å². The molecule has 0 atom stereocenters. The third-order valence-electron chi connectivity index (χ3n) is 4.86. The molecule has 0 saturated heterocycles. The van der Waals surface area contributed by atoms with Crippen LogP contribution in [0.25, 0.3) is 0 Å². The Bertz CT molecular complexity index is 544. The first-order valence-electron chi connectivity index (χ1n) is 8.90. The Balaban J connectivity index is 2.01. The second-order valence-corrected chi connectivity index (χ2v) is 6.45. The topological polar surface area (TPSA) is 60.0 Å². The number of methoxy groups -OCH3 is 3. The molecule has 0 bridgehead atoms. The zero-order valence-electron chi connectivity index (χ0n) is 15.8. The van der Waals surface area contributed by atoms with Crippen LogP contribution in [0.5, 0.6) is 17.2 Å². The maximum absolute atomic E-state index is 12.5. The quantitative estimate of drug-likeness (QED) is 0.797. The van der Waals surface area contributed by atoms with E-state index in [0.29, 0.717) is 29.8 Å². The monoisotopic (exact) mass is 350 g/mol. The van der Waals surface area contributed by atoms with Gasteiger partial charge in [0.05, 0.1) is 21.3 Å². The molecule has 1 aromatic carbocycles. The first-order valence-corrected chi connectivity index (χ1v) is 8.90. The first-order chi connectivity index (χ1) is 12.1. The van der Waals surface area contributed by atoms with Gasteiger partial charge in [0, 0.05) is 19.6 Å². The van der Waals surface area contributed by atoms with Crippen LogP contribution in [0.15, 0.2) is 12.1 Å². The van der Waals surface area contributed by atoms with Gasteiger partial charge in [-0.25, -0.2) is 4.79 Å². The largest absolute Gasteiger partial charge is 0.493 e. The molecule has 6 nitrogen and oxygen atoms in total. The molecule has 0 radical (unpaired) electrons. The molecule has 1 N–H and O–H groups in total. The van der Waals surface area contributed by atoms with Crippen LogP contribution < -0.4 is 19.5 Å². The summed E-state index contributed by atoms with van der Waals surface area (Å²) in [6, 6.07) is 4.00. The number of amides is 2. The maximum atomic E-state index is 12.5. The van der Waals surface area contributed by atoms with Crippen molar-refractivity contribution in [2.75, 3.05) is 28.4 Å². The molecule has 2 rings (SSSR count). The summed E-state index contributed by atoms with van der Waals surface area (Å²) in [5.74, 6) is 1.72. The summed E-state index contributed by atoms with van der Waals surface area (Å²) in [6.45, 7) is 0.409. The van der Waals surface area contributed by atoms with Crippen molar-refractivity contribution in [1.82, 2.24) is 10.2 Å². The Labute approximate surface area is 150 Å². The Morgan fingerprint density at radius 2 is 1.60 bits per heavy atom. The van der Waals surface area contributed by atoms with E-state index in [2.05, 4.69) is 5.32 Å². The minimum Gasteiger partial charge on any atom is -0.493 e. The number of benzene rings is 1. The lowest BCUT2D eigenvalue weighted by Crippen LogP contribution is -2.43. The Hall–Kier alpha value is -2.11. The first kappa shape index (κ1) is 19.2. The number of carbonyl (C=O) groups is 1. The number of nitrogens with zero attached hydrogens (tertiary/aromatic N) is 1. The molecule has 0 heterocycles. The highest BCUT2D eigenvalue weighted by Crippen LogP contribution is 2.38. The molecule has 1 aliphatic rings. The van der Waals surface area contributed by atoms with Crippen molar-refractivity contribution in [3.8, 4) is 17.2 Å². The van der Waals surface area contributed by atoms with Gasteiger partial charge in [-0.1, -0.05) is 25.7 Å². The minimum atomic E-state index is -0.0411. The van der Waals surface area contributed by atoms with Gasteiger partial charge in [0.1, 0.15) is 0 Å². The van der Waals surface area contributed by atoms with Gasteiger partial charge < -0.3 is 24.4 Å². The lowest BCUT2D eigenvalue weighted by Gasteiger charge is -2.27. The Morgan fingerprint density at radius 3 is 2.08 bits per heavy atom. The molecule has 0 spiro atoms. The zero-order valence-corrected chi connectivity index (χ0v) is 15.8. The lowest BCUT2D eigenvalue weighted by atomic mass is 10.1. The highest BCUT2D eigenvalue weighted by atomic mass is 16.5. The van der Waals surface area contributed by atoms with Gasteiger partial charge in [-0.3, -0.25) is 0 Å².